The first-order valence-electron chi connectivity index (χ1n) is 9.13. The van der Waals surface area contributed by atoms with E-state index in [2.05, 4.69) is 20.9 Å². The van der Waals surface area contributed by atoms with E-state index in [9.17, 15) is 18.0 Å². The molecular weight excluding hydrogens is 389 g/mol. The van der Waals surface area contributed by atoms with E-state index in [1.54, 1.807) is 18.2 Å². The average molecular weight is 412 g/mol. The number of benzene rings is 1. The number of fused-ring (bicyclic) bond motifs is 1. The van der Waals surface area contributed by atoms with Gasteiger partial charge in [0.1, 0.15) is 12.2 Å². The number of rotatable bonds is 5. The highest BCUT2D eigenvalue weighted by Crippen LogP contribution is 2.23. The second kappa shape index (κ2) is 9.00. The van der Waals surface area contributed by atoms with Crippen molar-refractivity contribution < 1.29 is 18.0 Å². The number of alkyl halides is 3. The Morgan fingerprint density at radius 2 is 2.18 bits per heavy atom. The summed E-state index contributed by atoms with van der Waals surface area (Å²) in [7, 11) is 0. The molecule has 1 aliphatic rings. The summed E-state index contributed by atoms with van der Waals surface area (Å²) >= 11 is 1.88. The molecule has 1 amide bonds. The maximum Gasteiger partial charge on any atom is 0.405 e. The van der Waals surface area contributed by atoms with E-state index >= 15 is 0 Å². The summed E-state index contributed by atoms with van der Waals surface area (Å²) in [6, 6.07) is 6.69. The van der Waals surface area contributed by atoms with Gasteiger partial charge in [-0.3, -0.25) is 4.79 Å². The van der Waals surface area contributed by atoms with Crippen LogP contribution in [-0.4, -0.2) is 54.2 Å². The van der Waals surface area contributed by atoms with Crippen LogP contribution in [0.15, 0.2) is 24.3 Å². The highest BCUT2D eigenvalue weighted by atomic mass is 32.2. The number of carbonyl (C=O) groups excluding carboxylic acids is 1. The number of halogens is 3. The molecule has 1 unspecified atom stereocenters. The molecule has 0 saturated carbocycles. The van der Waals surface area contributed by atoms with Crippen LogP contribution in [0.25, 0.3) is 10.9 Å². The van der Waals surface area contributed by atoms with Gasteiger partial charge in [-0.15, -0.1) is 0 Å². The zero-order valence-corrected chi connectivity index (χ0v) is 16.3. The van der Waals surface area contributed by atoms with Gasteiger partial charge in [0.05, 0.1) is 5.52 Å². The third kappa shape index (κ3) is 5.75. The number of nitrogens with one attached hydrogen (secondary N) is 3. The van der Waals surface area contributed by atoms with Crippen molar-refractivity contribution in [3.63, 3.8) is 0 Å². The summed E-state index contributed by atoms with van der Waals surface area (Å²) in [5.41, 5.74) is 2.03. The number of hydrogen-bond donors (Lipinski definition) is 3. The van der Waals surface area contributed by atoms with Gasteiger partial charge in [0.15, 0.2) is 0 Å². The highest BCUT2D eigenvalue weighted by Gasteiger charge is 2.26. The second-order valence-electron chi connectivity index (χ2n) is 6.81. The average Bonchev–Trinajstić information content (AvgIpc) is 2.92. The van der Waals surface area contributed by atoms with Crippen LogP contribution in [0.2, 0.25) is 0 Å². The van der Waals surface area contributed by atoms with Crippen molar-refractivity contribution in [3.8, 4) is 0 Å². The van der Waals surface area contributed by atoms with Crippen LogP contribution in [0, 0.1) is 6.92 Å². The predicted molar refractivity (Wildman–Crippen MR) is 107 cm³/mol. The Morgan fingerprint density at radius 1 is 1.36 bits per heavy atom. The Morgan fingerprint density at radius 3 is 2.96 bits per heavy atom. The number of carbonyl (C=O) groups is 1. The van der Waals surface area contributed by atoms with Gasteiger partial charge in [-0.25, -0.2) is 4.98 Å². The van der Waals surface area contributed by atoms with Crippen LogP contribution < -0.4 is 16.0 Å². The minimum absolute atomic E-state index is 0.236. The lowest BCUT2D eigenvalue weighted by molar-refractivity contribution is -0.115. The summed E-state index contributed by atoms with van der Waals surface area (Å²) < 4.78 is 37.1. The van der Waals surface area contributed by atoms with Crippen molar-refractivity contribution >= 4 is 34.3 Å². The molecular formula is C19H23F3N4OS. The molecule has 28 heavy (non-hydrogen) atoms. The number of aryl methyl sites for hydroxylation is 1. The molecule has 1 fully saturated rings. The molecule has 5 nitrogen and oxygen atoms in total. The molecule has 0 bridgehead atoms. The monoisotopic (exact) mass is 412 g/mol. The Hall–Kier alpha value is -2.00. The Balaban J connectivity index is 1.69. The molecule has 152 valence electrons. The number of pyridine rings is 1. The first-order valence-corrected chi connectivity index (χ1v) is 10.3. The first kappa shape index (κ1) is 20.7. The molecule has 0 spiro atoms. The van der Waals surface area contributed by atoms with Crippen molar-refractivity contribution in [2.24, 2.45) is 0 Å². The molecule has 0 radical (unpaired) electrons. The van der Waals surface area contributed by atoms with E-state index in [0.717, 1.165) is 30.0 Å². The minimum Gasteiger partial charge on any atom is -0.376 e. The number of anilines is 1. The summed E-state index contributed by atoms with van der Waals surface area (Å²) in [5, 5.41) is 9.41. The molecule has 1 saturated heterocycles. The lowest BCUT2D eigenvalue weighted by atomic mass is 10.1. The Kier molecular flexibility index (Phi) is 6.66. The van der Waals surface area contributed by atoms with Gasteiger partial charge in [0, 0.05) is 29.4 Å². The molecule has 1 aliphatic heterocycles. The quantitative estimate of drug-likeness (QED) is 0.703. The van der Waals surface area contributed by atoms with Gasteiger partial charge in [-0.2, -0.15) is 24.9 Å². The van der Waals surface area contributed by atoms with Crippen LogP contribution in [-0.2, 0) is 0 Å². The summed E-state index contributed by atoms with van der Waals surface area (Å²) in [6.45, 7) is 2.20. The van der Waals surface area contributed by atoms with Crippen molar-refractivity contribution in [2.75, 3.05) is 36.5 Å². The van der Waals surface area contributed by atoms with Crippen LogP contribution in [0.5, 0.6) is 0 Å². The third-order valence-electron chi connectivity index (χ3n) is 4.47. The highest BCUT2D eigenvalue weighted by molar-refractivity contribution is 7.99. The molecule has 1 aromatic heterocycles. The van der Waals surface area contributed by atoms with Gasteiger partial charge < -0.3 is 16.0 Å². The van der Waals surface area contributed by atoms with Gasteiger partial charge >= 0.3 is 6.18 Å². The van der Waals surface area contributed by atoms with Crippen LogP contribution in [0.1, 0.15) is 22.5 Å². The lowest BCUT2D eigenvalue weighted by Crippen LogP contribution is -2.42. The van der Waals surface area contributed by atoms with Crippen LogP contribution >= 0.6 is 11.8 Å². The molecule has 2 aromatic rings. The second-order valence-corrected chi connectivity index (χ2v) is 7.96. The van der Waals surface area contributed by atoms with Crippen molar-refractivity contribution in [3.05, 3.63) is 35.5 Å². The Bertz CT molecular complexity index is 836. The van der Waals surface area contributed by atoms with E-state index in [4.69, 9.17) is 0 Å². The number of amides is 1. The van der Waals surface area contributed by atoms with Crippen LogP contribution in [0.4, 0.5) is 18.9 Å². The van der Waals surface area contributed by atoms with E-state index in [0.29, 0.717) is 28.8 Å². The van der Waals surface area contributed by atoms with Crippen molar-refractivity contribution in [1.29, 1.82) is 0 Å². The smallest absolute Gasteiger partial charge is 0.376 e. The van der Waals surface area contributed by atoms with E-state index in [1.165, 1.54) is 6.07 Å². The van der Waals surface area contributed by atoms with E-state index in [-0.39, 0.29) is 11.9 Å². The number of aromatic nitrogens is 1. The number of hydrogen-bond acceptors (Lipinski definition) is 5. The molecule has 2 heterocycles. The molecule has 9 heteroatoms. The number of thioether (sulfide) groups is 1. The largest absolute Gasteiger partial charge is 0.405 e. The summed E-state index contributed by atoms with van der Waals surface area (Å²) in [6.07, 6.45) is -3.16. The fourth-order valence-electron chi connectivity index (χ4n) is 3.03. The SMILES string of the molecule is Cc1cc(C(=O)NCC2CSCCCN2)nc2ccc(NCC(F)(F)F)cc12. The maximum absolute atomic E-state index is 12.5. The van der Waals surface area contributed by atoms with E-state index in [1.807, 2.05) is 18.7 Å². The predicted octanol–water partition coefficient (Wildman–Crippen LogP) is 3.34. The molecule has 3 N–H and O–H groups in total. The normalized spacial score (nSPS) is 17.9. The van der Waals surface area contributed by atoms with Gasteiger partial charge in [-0.1, -0.05) is 0 Å². The molecule has 3 rings (SSSR count). The zero-order valence-electron chi connectivity index (χ0n) is 15.5. The van der Waals surface area contributed by atoms with Crippen molar-refractivity contribution in [1.82, 2.24) is 15.6 Å². The maximum atomic E-state index is 12.5. The topological polar surface area (TPSA) is 66.0 Å². The first-order chi connectivity index (χ1) is 13.3. The fourth-order valence-corrected chi connectivity index (χ4v) is 4.06. The molecule has 0 aliphatic carbocycles. The van der Waals surface area contributed by atoms with Gasteiger partial charge in [0.2, 0.25) is 0 Å². The van der Waals surface area contributed by atoms with Gasteiger partial charge in [-0.05, 0) is 55.5 Å². The lowest BCUT2D eigenvalue weighted by Gasteiger charge is -2.16. The Labute approximate surface area is 165 Å². The summed E-state index contributed by atoms with van der Waals surface area (Å²) in [5.74, 6) is 1.83. The number of nitrogens with zero attached hydrogens (tertiary/aromatic N) is 1. The standard InChI is InChI=1S/C19H23F3N4OS/c1-12-7-17(18(27)24-9-14-10-28-6-2-5-23-14)26-16-4-3-13(8-15(12)16)25-11-19(20,21)22/h3-4,7-8,14,23,25H,2,5-6,9-11H2,1H3,(H,24,27). The van der Waals surface area contributed by atoms with Crippen molar-refractivity contribution in [2.45, 2.75) is 25.6 Å². The van der Waals surface area contributed by atoms with E-state index < -0.39 is 12.7 Å². The fraction of sp³-hybridized carbons (Fsp3) is 0.474. The summed E-state index contributed by atoms with van der Waals surface area (Å²) in [4.78, 5) is 16.9. The molecule has 1 atom stereocenters. The molecule has 1 aromatic carbocycles. The van der Waals surface area contributed by atoms with Gasteiger partial charge in [0.25, 0.3) is 5.91 Å². The van der Waals surface area contributed by atoms with Crippen LogP contribution in [0.3, 0.4) is 0 Å². The minimum atomic E-state index is -4.28. The third-order valence-corrected chi connectivity index (χ3v) is 5.68. The zero-order chi connectivity index (χ0) is 20.1.